The molecule has 3 aromatic carbocycles. The molecule has 0 aliphatic carbocycles. The second kappa shape index (κ2) is 9.78. The maximum absolute atomic E-state index is 13.3. The number of hydrogen-bond donors (Lipinski definition) is 1. The third-order valence-electron chi connectivity index (χ3n) is 5.51. The lowest BCUT2D eigenvalue weighted by molar-refractivity contribution is -0.122. The van der Waals surface area contributed by atoms with Crippen LogP contribution in [-0.4, -0.2) is 37.7 Å². The van der Waals surface area contributed by atoms with Crippen molar-refractivity contribution < 1.29 is 38.1 Å². The Hall–Kier alpha value is -4.64. The molecular formula is C26H17BrN2O8. The van der Waals surface area contributed by atoms with Crippen molar-refractivity contribution >= 4 is 51.5 Å². The maximum Gasteiger partial charge on any atom is 0.343 e. The van der Waals surface area contributed by atoms with E-state index in [1.807, 2.05) is 0 Å². The number of fused-ring (bicyclic) bond motifs is 1. The van der Waals surface area contributed by atoms with Gasteiger partial charge in [0, 0.05) is 10.0 Å². The molecule has 37 heavy (non-hydrogen) atoms. The second-order valence-corrected chi connectivity index (χ2v) is 8.71. The zero-order valence-electron chi connectivity index (χ0n) is 19.1. The lowest BCUT2D eigenvalue weighted by Crippen LogP contribution is -2.54. The minimum absolute atomic E-state index is 0.0599. The molecule has 0 unspecified atom stereocenters. The SMILES string of the molecule is COc1ccc(N2C(=O)NC(=O)/C(=C/c3cc(Br)ccc3OC(=O)c3ccc4c(c3)OCO4)C2=O)cc1. The molecule has 1 saturated heterocycles. The Bertz CT molecular complexity index is 1480. The van der Waals surface area contributed by atoms with Crippen LogP contribution in [0, 0.1) is 0 Å². The van der Waals surface area contributed by atoms with E-state index in [0.29, 0.717) is 21.7 Å². The van der Waals surface area contributed by atoms with E-state index >= 15 is 0 Å². The van der Waals surface area contributed by atoms with Crippen LogP contribution in [0.5, 0.6) is 23.0 Å². The quantitative estimate of drug-likeness (QED) is 0.213. The van der Waals surface area contributed by atoms with Crippen LogP contribution >= 0.6 is 15.9 Å². The first kappa shape index (κ1) is 24.1. The highest BCUT2D eigenvalue weighted by Crippen LogP contribution is 2.34. The number of nitrogens with zero attached hydrogens (tertiary/aromatic N) is 1. The summed E-state index contributed by atoms with van der Waals surface area (Å²) in [5.41, 5.74) is 0.388. The highest BCUT2D eigenvalue weighted by molar-refractivity contribution is 9.10. The number of carbonyl (C=O) groups excluding carboxylic acids is 4. The number of amides is 4. The molecule has 2 heterocycles. The van der Waals surface area contributed by atoms with E-state index in [-0.39, 0.29) is 34.9 Å². The zero-order valence-corrected chi connectivity index (χ0v) is 20.7. The van der Waals surface area contributed by atoms with E-state index in [9.17, 15) is 19.2 Å². The summed E-state index contributed by atoms with van der Waals surface area (Å²) in [6.07, 6.45) is 1.26. The molecule has 0 bridgehead atoms. The topological polar surface area (TPSA) is 120 Å². The van der Waals surface area contributed by atoms with Crippen LogP contribution in [0.15, 0.2) is 70.7 Å². The maximum atomic E-state index is 13.3. The number of methoxy groups -OCH3 is 1. The van der Waals surface area contributed by atoms with Crippen LogP contribution in [0.4, 0.5) is 10.5 Å². The monoisotopic (exact) mass is 564 g/mol. The minimum Gasteiger partial charge on any atom is -0.497 e. The summed E-state index contributed by atoms with van der Waals surface area (Å²) in [5.74, 6) is -0.853. The van der Waals surface area contributed by atoms with E-state index < -0.39 is 23.8 Å². The highest BCUT2D eigenvalue weighted by atomic mass is 79.9. The Morgan fingerprint density at radius 3 is 2.51 bits per heavy atom. The minimum atomic E-state index is -0.888. The molecule has 0 saturated carbocycles. The summed E-state index contributed by atoms with van der Waals surface area (Å²) >= 11 is 3.35. The van der Waals surface area contributed by atoms with Gasteiger partial charge in [0.15, 0.2) is 11.5 Å². The van der Waals surface area contributed by atoms with Gasteiger partial charge < -0.3 is 18.9 Å². The first-order valence-electron chi connectivity index (χ1n) is 10.8. The third-order valence-corrected chi connectivity index (χ3v) is 6.01. The zero-order chi connectivity index (χ0) is 26.1. The number of carbonyl (C=O) groups is 4. The molecule has 10 nitrogen and oxygen atoms in total. The summed E-state index contributed by atoms with van der Waals surface area (Å²) < 4.78 is 21.9. The van der Waals surface area contributed by atoms with Gasteiger partial charge in [0.05, 0.1) is 18.4 Å². The summed E-state index contributed by atoms with van der Waals surface area (Å²) in [6, 6.07) is 14.7. The molecule has 1 N–H and O–H groups in total. The lowest BCUT2D eigenvalue weighted by Gasteiger charge is -2.26. The molecule has 0 aromatic heterocycles. The van der Waals surface area contributed by atoms with Crippen LogP contribution in [0.25, 0.3) is 6.08 Å². The molecule has 0 radical (unpaired) electrons. The van der Waals surface area contributed by atoms with Gasteiger partial charge in [-0.3, -0.25) is 14.9 Å². The lowest BCUT2D eigenvalue weighted by atomic mass is 10.1. The van der Waals surface area contributed by atoms with Gasteiger partial charge in [-0.25, -0.2) is 14.5 Å². The number of hydrogen-bond acceptors (Lipinski definition) is 8. The smallest absolute Gasteiger partial charge is 0.343 e. The Kier molecular flexibility index (Phi) is 6.36. The molecule has 0 spiro atoms. The molecular weight excluding hydrogens is 548 g/mol. The van der Waals surface area contributed by atoms with Gasteiger partial charge in [0.1, 0.15) is 17.1 Å². The van der Waals surface area contributed by atoms with E-state index in [4.69, 9.17) is 18.9 Å². The van der Waals surface area contributed by atoms with Gasteiger partial charge in [-0.05, 0) is 66.7 Å². The number of ether oxygens (including phenoxy) is 4. The number of barbiturate groups is 1. The third kappa shape index (κ3) is 4.76. The normalized spacial score (nSPS) is 15.6. The van der Waals surface area contributed by atoms with Gasteiger partial charge in [-0.2, -0.15) is 0 Å². The number of imide groups is 2. The number of benzene rings is 3. The number of urea groups is 1. The van der Waals surface area contributed by atoms with Crippen molar-refractivity contribution in [2.45, 2.75) is 0 Å². The average molecular weight is 565 g/mol. The predicted molar refractivity (Wildman–Crippen MR) is 134 cm³/mol. The van der Waals surface area contributed by atoms with E-state index in [0.717, 1.165) is 4.90 Å². The van der Waals surface area contributed by atoms with Crippen LogP contribution in [0.3, 0.4) is 0 Å². The van der Waals surface area contributed by atoms with Gasteiger partial charge in [-0.1, -0.05) is 15.9 Å². The number of halogens is 1. The predicted octanol–water partition coefficient (Wildman–Crippen LogP) is 4.07. The van der Waals surface area contributed by atoms with Gasteiger partial charge in [-0.15, -0.1) is 0 Å². The average Bonchev–Trinajstić information content (AvgIpc) is 3.36. The Morgan fingerprint density at radius 2 is 1.76 bits per heavy atom. The molecule has 0 atom stereocenters. The number of anilines is 1. The van der Waals surface area contributed by atoms with Crippen molar-refractivity contribution in [3.63, 3.8) is 0 Å². The molecule has 2 aliphatic heterocycles. The fraction of sp³-hybridized carbons (Fsp3) is 0.0769. The fourth-order valence-corrected chi connectivity index (χ4v) is 4.06. The molecule has 3 aromatic rings. The van der Waals surface area contributed by atoms with Crippen LogP contribution in [0.1, 0.15) is 15.9 Å². The van der Waals surface area contributed by atoms with Crippen LogP contribution < -0.4 is 29.2 Å². The van der Waals surface area contributed by atoms with E-state index in [1.165, 1.54) is 43.5 Å². The number of rotatable bonds is 5. The standard InChI is InChI=1S/C26H17BrN2O8/c1-34-18-6-4-17(5-7-18)29-24(31)19(23(30)28-26(29)33)11-15-10-16(27)3-9-20(15)37-25(32)14-2-8-21-22(12-14)36-13-35-21/h2-12H,13H2,1H3,(H,28,30,33)/b19-11-. The Labute approximate surface area is 218 Å². The van der Waals surface area contributed by atoms with Crippen LogP contribution in [-0.2, 0) is 9.59 Å². The Morgan fingerprint density at radius 1 is 1.00 bits per heavy atom. The molecule has 186 valence electrons. The van der Waals surface area contributed by atoms with Crippen molar-refractivity contribution in [3.05, 3.63) is 81.8 Å². The fourth-order valence-electron chi connectivity index (χ4n) is 3.69. The van der Waals surface area contributed by atoms with Crippen molar-refractivity contribution in [2.24, 2.45) is 0 Å². The summed E-state index contributed by atoms with van der Waals surface area (Å²) in [7, 11) is 1.49. The molecule has 5 rings (SSSR count). The summed E-state index contributed by atoms with van der Waals surface area (Å²) in [6.45, 7) is 0.0599. The summed E-state index contributed by atoms with van der Waals surface area (Å²) in [5, 5.41) is 2.16. The van der Waals surface area contributed by atoms with Crippen molar-refractivity contribution in [1.82, 2.24) is 5.32 Å². The summed E-state index contributed by atoms with van der Waals surface area (Å²) in [4.78, 5) is 52.1. The largest absolute Gasteiger partial charge is 0.497 e. The van der Waals surface area contributed by atoms with E-state index in [1.54, 1.807) is 30.3 Å². The van der Waals surface area contributed by atoms with Crippen molar-refractivity contribution in [2.75, 3.05) is 18.8 Å². The first-order valence-corrected chi connectivity index (χ1v) is 11.6. The first-order chi connectivity index (χ1) is 17.8. The molecule has 2 aliphatic rings. The highest BCUT2D eigenvalue weighted by Gasteiger charge is 2.37. The number of esters is 1. The number of nitrogens with one attached hydrogen (secondary N) is 1. The van der Waals surface area contributed by atoms with E-state index in [2.05, 4.69) is 21.2 Å². The van der Waals surface area contributed by atoms with Gasteiger partial charge >= 0.3 is 12.0 Å². The molecule has 1 fully saturated rings. The van der Waals surface area contributed by atoms with Gasteiger partial charge in [0.25, 0.3) is 11.8 Å². The molecule has 11 heteroatoms. The molecule has 4 amide bonds. The van der Waals surface area contributed by atoms with Crippen molar-refractivity contribution in [1.29, 1.82) is 0 Å². The second-order valence-electron chi connectivity index (χ2n) is 7.80. The Balaban J connectivity index is 1.46. The van der Waals surface area contributed by atoms with Crippen molar-refractivity contribution in [3.8, 4) is 23.0 Å². The van der Waals surface area contributed by atoms with Gasteiger partial charge in [0.2, 0.25) is 6.79 Å². The van der Waals surface area contributed by atoms with Crippen LogP contribution in [0.2, 0.25) is 0 Å².